The first-order valence-electron chi connectivity index (χ1n) is 6.63. The highest BCUT2D eigenvalue weighted by Crippen LogP contribution is 2.05. The lowest BCUT2D eigenvalue weighted by molar-refractivity contribution is -0.137. The lowest BCUT2D eigenvalue weighted by Gasteiger charge is -2.01. The molecule has 0 saturated heterocycles. The quantitative estimate of drug-likeness (QED) is 0.401. The maximum atomic E-state index is 10.5. The normalized spacial score (nSPS) is 12.3. The van der Waals surface area contributed by atoms with Crippen LogP contribution in [0.25, 0.3) is 0 Å². The summed E-state index contributed by atoms with van der Waals surface area (Å²) in [5, 5.41) is 18.2. The molecule has 0 amide bonds. The highest BCUT2D eigenvalue weighted by Gasteiger charge is 2.04. The highest BCUT2D eigenvalue weighted by molar-refractivity contribution is 5.68. The van der Waals surface area contributed by atoms with Gasteiger partial charge in [0, 0.05) is 5.92 Å². The smallest absolute Gasteiger partial charge is 0.304 e. The van der Waals surface area contributed by atoms with E-state index < -0.39 is 18.0 Å². The van der Waals surface area contributed by atoms with Crippen molar-refractivity contribution in [3.8, 4) is 23.7 Å². The highest BCUT2D eigenvalue weighted by atomic mass is 16.4. The van der Waals surface area contributed by atoms with Crippen molar-refractivity contribution in [3.63, 3.8) is 0 Å². The van der Waals surface area contributed by atoms with Gasteiger partial charge in [0.15, 0.2) is 0 Å². The number of aliphatic hydroxyl groups excluding tert-OH is 1. The van der Waals surface area contributed by atoms with Gasteiger partial charge >= 0.3 is 5.97 Å². The first-order valence-corrected chi connectivity index (χ1v) is 6.63. The minimum atomic E-state index is -0.914. The number of unbranched alkanes of at least 4 members (excludes halogenated alkanes) is 3. The third kappa shape index (κ3) is 11.1. The Hall–Kier alpha value is -1.71. The van der Waals surface area contributed by atoms with Crippen LogP contribution in [-0.4, -0.2) is 22.3 Å². The second kappa shape index (κ2) is 11.4. The number of carboxylic acids is 1. The number of hydrogen-bond acceptors (Lipinski definition) is 2. The van der Waals surface area contributed by atoms with Crippen molar-refractivity contribution < 1.29 is 15.0 Å². The van der Waals surface area contributed by atoms with Crippen LogP contribution in [0.3, 0.4) is 0 Å². The number of carbonyl (C=O) groups is 1. The molecule has 19 heavy (non-hydrogen) atoms. The molecule has 0 aromatic carbocycles. The zero-order chi connectivity index (χ0) is 14.5. The summed E-state index contributed by atoms with van der Waals surface area (Å²) >= 11 is 0. The standard InChI is InChI=1S/C16H22O3/c1-3-5-6-7-11-15(17)12-9-8-10-14(4-2)13-16(18)19/h4,14-15,17H,2-3,5-7,11,13H2,1H3,(H,18,19)/t14-,15+/m1/s1. The largest absolute Gasteiger partial charge is 0.481 e. The van der Waals surface area contributed by atoms with Crippen molar-refractivity contribution in [1.82, 2.24) is 0 Å². The van der Waals surface area contributed by atoms with Crippen molar-refractivity contribution >= 4 is 5.97 Å². The fourth-order valence-electron chi connectivity index (χ4n) is 1.47. The third-order valence-corrected chi connectivity index (χ3v) is 2.57. The van der Waals surface area contributed by atoms with Gasteiger partial charge < -0.3 is 10.2 Å². The van der Waals surface area contributed by atoms with Gasteiger partial charge in [0.2, 0.25) is 0 Å². The Morgan fingerprint density at radius 2 is 1.95 bits per heavy atom. The summed E-state index contributed by atoms with van der Waals surface area (Å²) in [5.74, 6) is 9.16. The molecule has 0 radical (unpaired) electrons. The van der Waals surface area contributed by atoms with Gasteiger partial charge in [0.05, 0.1) is 6.42 Å². The average Bonchev–Trinajstić information content (AvgIpc) is 2.37. The van der Waals surface area contributed by atoms with Crippen molar-refractivity contribution in [3.05, 3.63) is 12.7 Å². The molecule has 0 aromatic rings. The number of aliphatic carboxylic acids is 1. The summed E-state index contributed by atoms with van der Waals surface area (Å²) in [6.07, 6.45) is 5.85. The molecule has 0 saturated carbocycles. The van der Waals surface area contributed by atoms with E-state index in [0.29, 0.717) is 6.42 Å². The number of rotatable bonds is 8. The Morgan fingerprint density at radius 1 is 1.26 bits per heavy atom. The topological polar surface area (TPSA) is 57.5 Å². The van der Waals surface area contributed by atoms with E-state index in [-0.39, 0.29) is 6.42 Å². The Balaban J connectivity index is 4.07. The van der Waals surface area contributed by atoms with Crippen LogP contribution in [0.1, 0.15) is 45.4 Å². The zero-order valence-corrected chi connectivity index (χ0v) is 11.5. The van der Waals surface area contributed by atoms with Gasteiger partial charge in [-0.25, -0.2) is 0 Å². The fourth-order valence-corrected chi connectivity index (χ4v) is 1.47. The molecule has 0 unspecified atom stereocenters. The molecule has 0 aliphatic rings. The summed E-state index contributed by atoms with van der Waals surface area (Å²) < 4.78 is 0. The Labute approximate surface area is 115 Å². The lowest BCUT2D eigenvalue weighted by atomic mass is 10.1. The lowest BCUT2D eigenvalue weighted by Crippen LogP contribution is -2.03. The SMILES string of the molecule is C=C[C@H](C#CC#C[C@@H](O)CCCCCC)CC(=O)O. The van der Waals surface area contributed by atoms with Gasteiger partial charge in [-0.2, -0.15) is 0 Å². The summed E-state index contributed by atoms with van der Waals surface area (Å²) in [6.45, 7) is 5.66. The van der Waals surface area contributed by atoms with E-state index in [1.807, 2.05) is 0 Å². The molecule has 0 spiro atoms. The zero-order valence-electron chi connectivity index (χ0n) is 11.5. The Kier molecular flexibility index (Phi) is 10.4. The Bertz CT molecular complexity index is 390. The van der Waals surface area contributed by atoms with E-state index in [2.05, 4.69) is 37.2 Å². The molecule has 0 heterocycles. The summed E-state index contributed by atoms with van der Waals surface area (Å²) in [7, 11) is 0. The molecular formula is C16H22O3. The average molecular weight is 262 g/mol. The number of hydrogen-bond donors (Lipinski definition) is 2. The molecule has 3 heteroatoms. The van der Waals surface area contributed by atoms with Crippen LogP contribution >= 0.6 is 0 Å². The molecule has 0 rings (SSSR count). The maximum absolute atomic E-state index is 10.5. The second-order valence-corrected chi connectivity index (χ2v) is 4.34. The first kappa shape index (κ1) is 17.3. The van der Waals surface area contributed by atoms with Crippen molar-refractivity contribution in [2.24, 2.45) is 5.92 Å². The summed E-state index contributed by atoms with van der Waals surface area (Å²) in [4.78, 5) is 10.5. The predicted molar refractivity (Wildman–Crippen MR) is 76.3 cm³/mol. The van der Waals surface area contributed by atoms with Crippen LogP contribution in [0.4, 0.5) is 0 Å². The van der Waals surface area contributed by atoms with Crippen LogP contribution in [-0.2, 0) is 4.79 Å². The van der Waals surface area contributed by atoms with E-state index in [9.17, 15) is 9.90 Å². The molecule has 2 N–H and O–H groups in total. The van der Waals surface area contributed by atoms with Crippen molar-refractivity contribution in [2.45, 2.75) is 51.6 Å². The molecule has 0 aliphatic heterocycles. The summed E-state index contributed by atoms with van der Waals surface area (Å²) in [5.41, 5.74) is 0. The van der Waals surface area contributed by atoms with Gasteiger partial charge in [0.25, 0.3) is 0 Å². The number of carboxylic acid groups (broad SMARTS) is 1. The van der Waals surface area contributed by atoms with Crippen molar-refractivity contribution in [1.29, 1.82) is 0 Å². The molecule has 0 bridgehead atoms. The minimum absolute atomic E-state index is 0.0717. The van der Waals surface area contributed by atoms with Crippen LogP contribution in [0.15, 0.2) is 12.7 Å². The van der Waals surface area contributed by atoms with Crippen LogP contribution in [0.5, 0.6) is 0 Å². The molecule has 2 atom stereocenters. The van der Waals surface area contributed by atoms with E-state index >= 15 is 0 Å². The van der Waals surface area contributed by atoms with Crippen molar-refractivity contribution in [2.75, 3.05) is 0 Å². The van der Waals surface area contributed by atoms with Crippen LogP contribution in [0, 0.1) is 29.6 Å². The third-order valence-electron chi connectivity index (χ3n) is 2.57. The van der Waals surface area contributed by atoms with Gasteiger partial charge in [-0.15, -0.1) is 6.58 Å². The van der Waals surface area contributed by atoms with Crippen LogP contribution < -0.4 is 0 Å². The number of aliphatic hydroxyl groups is 1. The van der Waals surface area contributed by atoms with E-state index in [0.717, 1.165) is 12.8 Å². The fraction of sp³-hybridized carbons (Fsp3) is 0.562. The van der Waals surface area contributed by atoms with Crippen LogP contribution in [0.2, 0.25) is 0 Å². The van der Waals surface area contributed by atoms with Gasteiger partial charge in [0.1, 0.15) is 6.10 Å². The van der Waals surface area contributed by atoms with E-state index in [4.69, 9.17) is 5.11 Å². The second-order valence-electron chi connectivity index (χ2n) is 4.34. The van der Waals surface area contributed by atoms with Gasteiger partial charge in [-0.3, -0.25) is 4.79 Å². The van der Waals surface area contributed by atoms with Gasteiger partial charge in [-0.05, 0) is 24.7 Å². The predicted octanol–water partition coefficient (Wildman–Crippen LogP) is 2.60. The maximum Gasteiger partial charge on any atom is 0.304 e. The summed E-state index contributed by atoms with van der Waals surface area (Å²) in [6, 6.07) is 0. The molecule has 0 aromatic heterocycles. The van der Waals surface area contributed by atoms with E-state index in [1.165, 1.54) is 18.9 Å². The van der Waals surface area contributed by atoms with Gasteiger partial charge in [-0.1, -0.05) is 44.1 Å². The molecule has 3 nitrogen and oxygen atoms in total. The Morgan fingerprint density at radius 3 is 2.53 bits per heavy atom. The monoisotopic (exact) mass is 262 g/mol. The minimum Gasteiger partial charge on any atom is -0.481 e. The molecular weight excluding hydrogens is 240 g/mol. The van der Waals surface area contributed by atoms with E-state index in [1.54, 1.807) is 0 Å². The number of allylic oxidation sites excluding steroid dienone is 1. The molecule has 0 aliphatic carbocycles. The first-order chi connectivity index (χ1) is 9.10. The molecule has 104 valence electrons. The molecule has 0 fully saturated rings.